The number of imidazole rings is 1. The third kappa shape index (κ3) is 5.47. The number of aliphatic hydroxyl groups excluding tert-OH is 1. The number of anilines is 1. The molecule has 0 saturated heterocycles. The van der Waals surface area contributed by atoms with Gasteiger partial charge in [-0.25, -0.2) is 9.97 Å². The highest BCUT2D eigenvalue weighted by Crippen LogP contribution is 2.41. The molecule has 2 aromatic heterocycles. The van der Waals surface area contributed by atoms with Crippen molar-refractivity contribution in [3.05, 3.63) is 70.6 Å². The number of hydrogen-bond donors (Lipinski definition) is 3. The first-order valence-corrected chi connectivity index (χ1v) is 14.7. The Balaban J connectivity index is 1.24. The quantitative estimate of drug-likeness (QED) is 0.248. The van der Waals surface area contributed by atoms with Crippen molar-refractivity contribution in [2.24, 2.45) is 7.05 Å². The summed E-state index contributed by atoms with van der Waals surface area (Å²) >= 11 is 0. The molecule has 44 heavy (non-hydrogen) atoms. The van der Waals surface area contributed by atoms with E-state index in [-0.39, 0.29) is 25.0 Å². The minimum Gasteiger partial charge on any atom is -0.494 e. The SMILES string of the molecule is COc1c(NC(=O)c2nc3c(n2C)CCN(C)C3)cccc1-c1cccc(-c2nc3c(o2)CN(C(=O)CNCCO)C3)c1C. The van der Waals surface area contributed by atoms with E-state index in [0.29, 0.717) is 48.5 Å². The first-order chi connectivity index (χ1) is 21.3. The van der Waals surface area contributed by atoms with Crippen LogP contribution in [0.1, 0.15) is 39.0 Å². The highest BCUT2D eigenvalue weighted by Gasteiger charge is 2.30. The summed E-state index contributed by atoms with van der Waals surface area (Å²) in [6.45, 7) is 4.88. The van der Waals surface area contributed by atoms with Crippen LogP contribution in [-0.2, 0) is 37.9 Å². The predicted octanol–water partition coefficient (Wildman–Crippen LogP) is 2.72. The Hall–Kier alpha value is -4.52. The lowest BCUT2D eigenvalue weighted by Crippen LogP contribution is -2.35. The number of nitrogens with one attached hydrogen (secondary N) is 2. The van der Waals surface area contributed by atoms with Crippen LogP contribution in [0.3, 0.4) is 0 Å². The molecule has 0 spiro atoms. The summed E-state index contributed by atoms with van der Waals surface area (Å²) in [6.07, 6.45) is 0.851. The molecule has 4 heterocycles. The lowest BCUT2D eigenvalue weighted by Gasteiger charge is -2.21. The van der Waals surface area contributed by atoms with Crippen molar-refractivity contribution in [3.63, 3.8) is 0 Å². The molecule has 2 amide bonds. The van der Waals surface area contributed by atoms with Gasteiger partial charge in [-0.15, -0.1) is 0 Å². The molecule has 2 aromatic carbocycles. The van der Waals surface area contributed by atoms with Crippen LogP contribution in [0.2, 0.25) is 0 Å². The first-order valence-electron chi connectivity index (χ1n) is 14.7. The molecule has 0 atom stereocenters. The van der Waals surface area contributed by atoms with Gasteiger partial charge in [-0.3, -0.25) is 9.59 Å². The van der Waals surface area contributed by atoms with Gasteiger partial charge in [0.2, 0.25) is 11.8 Å². The molecular weight excluding hydrogens is 562 g/mol. The highest BCUT2D eigenvalue weighted by molar-refractivity contribution is 6.04. The Kier molecular flexibility index (Phi) is 8.21. The molecule has 2 aliphatic rings. The fraction of sp³-hybridized carbons (Fsp3) is 0.375. The highest BCUT2D eigenvalue weighted by atomic mass is 16.5. The van der Waals surface area contributed by atoms with Crippen molar-refractivity contribution in [3.8, 4) is 28.3 Å². The van der Waals surface area contributed by atoms with Crippen molar-refractivity contribution in [1.29, 1.82) is 0 Å². The minimum absolute atomic E-state index is 0.0211. The summed E-state index contributed by atoms with van der Waals surface area (Å²) in [5.74, 6) is 1.71. The summed E-state index contributed by atoms with van der Waals surface area (Å²) in [4.78, 5) is 39.2. The summed E-state index contributed by atoms with van der Waals surface area (Å²) in [7, 11) is 5.53. The van der Waals surface area contributed by atoms with Crippen LogP contribution >= 0.6 is 0 Å². The van der Waals surface area contributed by atoms with Crippen molar-refractivity contribution in [1.82, 2.24) is 29.7 Å². The summed E-state index contributed by atoms with van der Waals surface area (Å²) in [6, 6.07) is 11.6. The van der Waals surface area contributed by atoms with E-state index < -0.39 is 0 Å². The molecular formula is C32H37N7O5. The minimum atomic E-state index is -0.295. The van der Waals surface area contributed by atoms with Crippen molar-refractivity contribution < 1.29 is 23.8 Å². The number of ether oxygens (including phenoxy) is 1. The number of carbonyl (C=O) groups is 2. The molecule has 0 bridgehead atoms. The van der Waals surface area contributed by atoms with Crippen LogP contribution in [0.25, 0.3) is 22.6 Å². The number of methoxy groups -OCH3 is 1. The van der Waals surface area contributed by atoms with Gasteiger partial charge >= 0.3 is 0 Å². The molecule has 2 aliphatic heterocycles. The molecule has 6 rings (SSSR count). The van der Waals surface area contributed by atoms with Crippen LogP contribution in [0.15, 0.2) is 40.8 Å². The molecule has 0 radical (unpaired) electrons. The van der Waals surface area contributed by atoms with E-state index in [1.54, 1.807) is 12.0 Å². The zero-order chi connectivity index (χ0) is 31.0. The fourth-order valence-electron chi connectivity index (χ4n) is 5.98. The third-order valence-electron chi connectivity index (χ3n) is 8.34. The van der Waals surface area contributed by atoms with E-state index in [0.717, 1.165) is 58.8 Å². The number of fused-ring (bicyclic) bond motifs is 2. The number of rotatable bonds is 9. The number of likely N-dealkylation sites (N-methyl/N-ethyl adjacent to an activating group) is 1. The van der Waals surface area contributed by atoms with Gasteiger partial charge < -0.3 is 39.3 Å². The van der Waals surface area contributed by atoms with E-state index in [9.17, 15) is 9.59 Å². The number of benzene rings is 2. The zero-order valence-electron chi connectivity index (χ0n) is 25.4. The smallest absolute Gasteiger partial charge is 0.291 e. The second-order valence-corrected chi connectivity index (χ2v) is 11.2. The number of amides is 2. The van der Waals surface area contributed by atoms with Crippen LogP contribution in [0, 0.1) is 6.92 Å². The van der Waals surface area contributed by atoms with E-state index in [1.165, 1.54) is 0 Å². The van der Waals surface area contributed by atoms with Crippen LogP contribution in [0.5, 0.6) is 5.75 Å². The second kappa shape index (κ2) is 12.2. The van der Waals surface area contributed by atoms with E-state index in [4.69, 9.17) is 19.2 Å². The van der Waals surface area contributed by atoms with Gasteiger partial charge in [0.25, 0.3) is 5.91 Å². The molecule has 0 fully saturated rings. The molecule has 0 aliphatic carbocycles. The van der Waals surface area contributed by atoms with Crippen molar-refractivity contribution >= 4 is 17.5 Å². The molecule has 3 N–H and O–H groups in total. The Labute approximate surface area is 255 Å². The maximum atomic E-state index is 13.4. The predicted molar refractivity (Wildman–Crippen MR) is 164 cm³/mol. The van der Waals surface area contributed by atoms with Gasteiger partial charge in [0.15, 0.2) is 5.82 Å². The standard InChI is InChI=1S/C32H37N7O5/c1-19-20(7-5-8-21(19)32-36-25-17-39(18-27(25)44-32)28(41)15-33-12-14-40)22-9-6-10-23(29(22)43-4)35-31(42)30-34-24-16-37(2)13-11-26(24)38(30)3/h5-10,33,40H,11-18H2,1-4H3,(H,35,42). The van der Waals surface area contributed by atoms with Gasteiger partial charge in [-0.05, 0) is 37.2 Å². The number of carbonyl (C=O) groups excluding carboxylic acids is 2. The van der Waals surface area contributed by atoms with E-state index in [1.807, 2.05) is 54.9 Å². The fourth-order valence-corrected chi connectivity index (χ4v) is 5.98. The van der Waals surface area contributed by atoms with Gasteiger partial charge in [0, 0.05) is 49.9 Å². The number of aromatic nitrogens is 3. The molecule has 4 aromatic rings. The van der Waals surface area contributed by atoms with Crippen LogP contribution in [-0.4, -0.2) is 81.7 Å². The van der Waals surface area contributed by atoms with Crippen molar-refractivity contribution in [2.75, 3.05) is 45.7 Å². The molecule has 0 saturated carbocycles. The largest absolute Gasteiger partial charge is 0.494 e. The Morgan fingerprint density at radius 1 is 1.02 bits per heavy atom. The molecule has 12 heteroatoms. The third-order valence-corrected chi connectivity index (χ3v) is 8.34. The summed E-state index contributed by atoms with van der Waals surface area (Å²) < 4.78 is 13.9. The Morgan fingerprint density at radius 3 is 2.57 bits per heavy atom. The molecule has 0 unspecified atom stereocenters. The Bertz CT molecular complexity index is 1700. The number of nitrogens with zero attached hydrogens (tertiary/aromatic N) is 5. The van der Waals surface area contributed by atoms with Crippen LogP contribution < -0.4 is 15.4 Å². The topological polar surface area (TPSA) is 138 Å². The average Bonchev–Trinajstić information content (AvgIpc) is 3.69. The lowest BCUT2D eigenvalue weighted by atomic mass is 9.95. The van der Waals surface area contributed by atoms with Gasteiger partial charge in [0.05, 0.1) is 44.7 Å². The normalized spacial score (nSPS) is 14.4. The van der Waals surface area contributed by atoms with Gasteiger partial charge in [-0.2, -0.15) is 0 Å². The summed E-state index contributed by atoms with van der Waals surface area (Å²) in [5, 5.41) is 14.9. The lowest BCUT2D eigenvalue weighted by molar-refractivity contribution is -0.131. The second-order valence-electron chi connectivity index (χ2n) is 11.2. The first kappa shape index (κ1) is 29.5. The van der Waals surface area contributed by atoms with E-state index >= 15 is 0 Å². The molecule has 230 valence electrons. The Morgan fingerprint density at radius 2 is 1.80 bits per heavy atom. The molecule has 12 nitrogen and oxygen atoms in total. The van der Waals surface area contributed by atoms with Crippen LogP contribution in [0.4, 0.5) is 5.69 Å². The summed E-state index contributed by atoms with van der Waals surface area (Å²) in [5.41, 5.74) is 6.82. The maximum Gasteiger partial charge on any atom is 0.291 e. The zero-order valence-corrected chi connectivity index (χ0v) is 25.4. The van der Waals surface area contributed by atoms with E-state index in [2.05, 4.69) is 27.6 Å². The average molecular weight is 600 g/mol. The number of aliphatic hydroxyl groups is 1. The van der Waals surface area contributed by atoms with Gasteiger partial charge in [0.1, 0.15) is 17.2 Å². The number of hydrogen-bond acceptors (Lipinski definition) is 9. The number of oxazole rings is 1. The van der Waals surface area contributed by atoms with Crippen molar-refractivity contribution in [2.45, 2.75) is 33.0 Å². The maximum absolute atomic E-state index is 13.4. The monoisotopic (exact) mass is 599 g/mol. The van der Waals surface area contributed by atoms with Gasteiger partial charge in [-0.1, -0.05) is 24.3 Å². The number of para-hydroxylation sites is 1.